The maximum absolute atomic E-state index is 11.1. The van der Waals surface area contributed by atoms with Crippen molar-refractivity contribution >= 4 is 32.3 Å². The van der Waals surface area contributed by atoms with Crippen LogP contribution >= 0.6 is 15.2 Å². The molecule has 0 amide bonds. The summed E-state index contributed by atoms with van der Waals surface area (Å²) in [5.41, 5.74) is -1.69. The van der Waals surface area contributed by atoms with Crippen LogP contribution in [0.15, 0.2) is 28.7 Å². The van der Waals surface area contributed by atoms with Gasteiger partial charge in [-0.25, -0.2) is 0 Å². The molecule has 21 heavy (non-hydrogen) atoms. The monoisotopic (exact) mass is 356 g/mol. The normalized spacial score (nSPS) is 11.9. The average Bonchev–Trinajstić information content (AvgIpc) is 2.65. The molecule has 108 valence electrons. The minimum absolute atomic E-state index is 0. The molecule has 0 saturated carbocycles. The molecule has 0 fully saturated rings. The zero-order chi connectivity index (χ0) is 14.3. The van der Waals surface area contributed by atoms with Gasteiger partial charge < -0.3 is 32.2 Å². The fraction of sp³-hybridized carbons (Fsp3) is 0.125. The van der Waals surface area contributed by atoms with Gasteiger partial charge in [0.15, 0.2) is 5.58 Å². The molecule has 0 bridgehead atoms. The van der Waals surface area contributed by atoms with Crippen LogP contribution in [0.4, 0.5) is 6.01 Å². The molecule has 0 aliphatic carbocycles. The van der Waals surface area contributed by atoms with Gasteiger partial charge in [-0.3, -0.25) is 9.13 Å². The van der Waals surface area contributed by atoms with E-state index in [-0.39, 0.29) is 68.0 Å². The van der Waals surface area contributed by atoms with Crippen LogP contribution in [0.25, 0.3) is 11.1 Å². The van der Waals surface area contributed by atoms with Crippen molar-refractivity contribution in [3.05, 3.63) is 24.3 Å². The molecule has 0 unspecified atom stereocenters. The number of oxazole rings is 1. The maximum Gasteiger partial charge on any atom is 1.00 e. The number of nitrogens with one attached hydrogen (secondary N) is 1. The van der Waals surface area contributed by atoms with Gasteiger partial charge in [-0.05, 0) is 12.1 Å². The molecule has 0 aliphatic heterocycles. The van der Waals surface area contributed by atoms with Crippen LogP contribution in [0, 0.1) is 0 Å². The predicted molar refractivity (Wildman–Crippen MR) is 67.7 cm³/mol. The second-order valence-corrected chi connectivity index (χ2v) is 7.48. The van der Waals surface area contributed by atoms with Crippen molar-refractivity contribution in [3.8, 4) is 0 Å². The minimum Gasteiger partial charge on any atom is -1.00 e. The maximum atomic E-state index is 11.1. The molecular weight excluding hydrogens is 344 g/mol. The van der Waals surface area contributed by atoms with Gasteiger partial charge in [-0.1, -0.05) is 12.1 Å². The van der Waals surface area contributed by atoms with Crippen LogP contribution in [-0.2, 0) is 9.13 Å². The number of aromatic nitrogens is 1. The van der Waals surface area contributed by atoms with Gasteiger partial charge in [0.2, 0.25) is 5.52 Å². The number of nitrogens with zero attached hydrogens (tertiary/aromatic N) is 1. The number of benzene rings is 1. The van der Waals surface area contributed by atoms with Crippen LogP contribution in [0.2, 0.25) is 0 Å². The van der Waals surface area contributed by atoms with E-state index < -0.39 is 20.7 Å². The summed E-state index contributed by atoms with van der Waals surface area (Å²) in [6.45, 7) is 0. The van der Waals surface area contributed by atoms with Gasteiger partial charge in [0.25, 0.3) is 6.01 Å². The molecule has 5 N–H and O–H groups in total. The second kappa shape index (κ2) is 8.06. The third kappa shape index (κ3) is 5.73. The smallest absolute Gasteiger partial charge is 1.00 e. The summed E-state index contributed by atoms with van der Waals surface area (Å²) in [6.07, 6.45) is 0. The summed E-state index contributed by atoms with van der Waals surface area (Å²) in [4.78, 5) is 39.6. The Bertz CT molecular complexity index is 652. The van der Waals surface area contributed by atoms with Crippen molar-refractivity contribution in [1.29, 1.82) is 0 Å². The van der Waals surface area contributed by atoms with Crippen LogP contribution in [0.3, 0.4) is 0 Å². The fourth-order valence-electron chi connectivity index (χ4n) is 1.41. The first-order valence-electron chi connectivity index (χ1n) is 4.90. The van der Waals surface area contributed by atoms with Crippen molar-refractivity contribution in [3.63, 3.8) is 0 Å². The quantitative estimate of drug-likeness (QED) is 0.268. The number of hydrogen-bond acceptors (Lipinski definition) is 5. The SMILES string of the molecule is O=P(O)(O)C(Nc1nc2ccccc2o1)P(=O)(O)O.[H-].[H-].[Na+].[Na+]. The third-order valence-electron chi connectivity index (χ3n) is 2.18. The molecule has 0 spiro atoms. The first-order chi connectivity index (χ1) is 8.68. The third-order valence-corrected chi connectivity index (χ3v) is 5.52. The van der Waals surface area contributed by atoms with Gasteiger partial charge in [0.05, 0.1) is 0 Å². The summed E-state index contributed by atoms with van der Waals surface area (Å²) in [6, 6.07) is 6.07. The van der Waals surface area contributed by atoms with E-state index in [0.29, 0.717) is 11.1 Å². The molecule has 1 aromatic heterocycles. The topological polar surface area (TPSA) is 153 Å². The van der Waals surface area contributed by atoms with Gasteiger partial charge in [0, 0.05) is 0 Å². The molecule has 2 aromatic rings. The van der Waals surface area contributed by atoms with E-state index in [1.807, 2.05) is 5.32 Å². The molecule has 1 aromatic carbocycles. The number of rotatable bonds is 4. The van der Waals surface area contributed by atoms with Crippen LogP contribution in [0.1, 0.15) is 2.85 Å². The Morgan fingerprint density at radius 3 is 2.10 bits per heavy atom. The Morgan fingerprint density at radius 2 is 1.62 bits per heavy atom. The first-order valence-corrected chi connectivity index (χ1v) is 8.27. The number of hydrogen-bond donors (Lipinski definition) is 5. The van der Waals surface area contributed by atoms with Crippen LogP contribution in [-0.4, -0.2) is 30.1 Å². The first kappa shape index (κ1) is 21.8. The Balaban J connectivity index is -0.000001000. The van der Waals surface area contributed by atoms with Gasteiger partial charge in [-0.2, -0.15) is 4.98 Å². The van der Waals surface area contributed by atoms with E-state index in [0.717, 1.165) is 0 Å². The van der Waals surface area contributed by atoms with Crippen molar-refractivity contribution in [2.45, 2.75) is 5.52 Å². The average molecular weight is 356 g/mol. The van der Waals surface area contributed by atoms with Crippen LogP contribution < -0.4 is 64.4 Å². The predicted octanol–water partition coefficient (Wildman–Crippen LogP) is -4.89. The zero-order valence-corrected chi connectivity index (χ0v) is 17.0. The van der Waals surface area contributed by atoms with Crippen molar-refractivity contribution in [2.24, 2.45) is 0 Å². The molecule has 0 radical (unpaired) electrons. The van der Waals surface area contributed by atoms with E-state index in [4.69, 9.17) is 24.0 Å². The molecule has 0 saturated heterocycles. The summed E-state index contributed by atoms with van der Waals surface area (Å²) in [5.74, 6) is 0. The molecule has 13 heteroatoms. The Hall–Kier alpha value is 0.790. The Kier molecular flexibility index (Phi) is 8.36. The summed E-state index contributed by atoms with van der Waals surface area (Å²) >= 11 is 0. The number of para-hydroxylation sites is 2. The van der Waals surface area contributed by atoms with Gasteiger partial charge >= 0.3 is 74.3 Å². The van der Waals surface area contributed by atoms with Crippen molar-refractivity contribution in [1.82, 2.24) is 4.98 Å². The standard InChI is InChI=1S/C8H10N2O7P2.2Na.2H/c11-18(12,13)8(19(14,15)16)10-7-9-5-3-1-2-4-6(5)17-7;;;;/h1-4,8H,(H,9,10)(H2,11,12,13)(H2,14,15,16);;;;/q;2*+1;2*-1. The van der Waals surface area contributed by atoms with E-state index in [9.17, 15) is 9.13 Å². The van der Waals surface area contributed by atoms with Gasteiger partial charge in [-0.15, -0.1) is 0 Å². The molecule has 2 rings (SSSR count). The number of anilines is 1. The minimum atomic E-state index is -5.08. The van der Waals surface area contributed by atoms with Crippen molar-refractivity contribution in [2.75, 3.05) is 5.32 Å². The van der Waals surface area contributed by atoms with Crippen LogP contribution in [0.5, 0.6) is 0 Å². The molecular formula is C8H12N2Na2O7P2. The Morgan fingerprint density at radius 1 is 1.10 bits per heavy atom. The Labute approximate surface area is 166 Å². The summed E-state index contributed by atoms with van der Waals surface area (Å²) in [7, 11) is -10.2. The van der Waals surface area contributed by atoms with E-state index in [1.54, 1.807) is 24.3 Å². The number of fused-ring (bicyclic) bond motifs is 1. The van der Waals surface area contributed by atoms with Crippen molar-refractivity contribution < 1.29 is 95.1 Å². The zero-order valence-electron chi connectivity index (χ0n) is 13.2. The largest absolute Gasteiger partial charge is 1.00 e. The molecule has 1 heterocycles. The molecule has 9 nitrogen and oxygen atoms in total. The molecule has 0 atom stereocenters. The van der Waals surface area contributed by atoms with E-state index >= 15 is 0 Å². The fourth-order valence-corrected chi connectivity index (χ4v) is 3.53. The van der Waals surface area contributed by atoms with E-state index in [1.165, 1.54) is 0 Å². The second-order valence-electron chi connectivity index (χ2n) is 3.68. The van der Waals surface area contributed by atoms with E-state index in [2.05, 4.69) is 4.98 Å². The summed E-state index contributed by atoms with van der Waals surface area (Å²) < 4.78 is 27.2. The molecule has 0 aliphatic rings. The summed E-state index contributed by atoms with van der Waals surface area (Å²) in [5, 5.41) is 1.94. The van der Waals surface area contributed by atoms with Gasteiger partial charge in [0.1, 0.15) is 5.52 Å².